The zero-order chi connectivity index (χ0) is 13.7. The van der Waals surface area contributed by atoms with Gasteiger partial charge in [0.25, 0.3) is 0 Å². The molecule has 0 unspecified atom stereocenters. The fourth-order valence-electron chi connectivity index (χ4n) is 2.71. The van der Waals surface area contributed by atoms with Gasteiger partial charge in [0.15, 0.2) is 0 Å². The van der Waals surface area contributed by atoms with Crippen molar-refractivity contribution in [2.75, 3.05) is 5.32 Å². The maximum absolute atomic E-state index is 11.7. The number of nitrogens with one attached hydrogen (secondary N) is 1. The first-order valence-corrected chi connectivity index (χ1v) is 7.69. The highest BCUT2D eigenvalue weighted by Gasteiger charge is 2.37. The maximum Gasteiger partial charge on any atom is 0.329 e. The molecule has 1 aliphatic rings. The standard InChI is InChI=1S/C15H20BrNO2/c16-12-6-8-13(9-7-12)17-15(14(18)19)10-4-2-1-3-5-11-15/h6-9,17H,1-5,10-11H2,(H,18,19). The molecule has 1 saturated carbocycles. The smallest absolute Gasteiger partial charge is 0.329 e. The Bertz CT molecular complexity index is 422. The van der Waals surface area contributed by atoms with Crippen molar-refractivity contribution in [1.29, 1.82) is 0 Å². The average Bonchev–Trinajstić information content (AvgIpc) is 2.35. The highest BCUT2D eigenvalue weighted by atomic mass is 79.9. The molecule has 0 radical (unpaired) electrons. The normalized spacial score (nSPS) is 19.2. The summed E-state index contributed by atoms with van der Waals surface area (Å²) in [7, 11) is 0. The molecule has 1 aliphatic carbocycles. The Kier molecular flexibility index (Phi) is 4.86. The fraction of sp³-hybridized carbons (Fsp3) is 0.533. The Labute approximate surface area is 122 Å². The van der Waals surface area contributed by atoms with Crippen LogP contribution in [0.2, 0.25) is 0 Å². The second kappa shape index (κ2) is 6.42. The highest BCUT2D eigenvalue weighted by Crippen LogP contribution is 2.30. The molecule has 2 N–H and O–H groups in total. The van der Waals surface area contributed by atoms with Crippen molar-refractivity contribution in [3.05, 3.63) is 28.7 Å². The van der Waals surface area contributed by atoms with Gasteiger partial charge in [-0.2, -0.15) is 0 Å². The van der Waals surface area contributed by atoms with Gasteiger partial charge < -0.3 is 10.4 Å². The van der Waals surface area contributed by atoms with Crippen molar-refractivity contribution in [2.45, 2.75) is 50.5 Å². The molecule has 1 fully saturated rings. The van der Waals surface area contributed by atoms with E-state index >= 15 is 0 Å². The van der Waals surface area contributed by atoms with Crippen LogP contribution in [0.3, 0.4) is 0 Å². The number of anilines is 1. The van der Waals surface area contributed by atoms with Crippen molar-refractivity contribution in [3.8, 4) is 0 Å². The van der Waals surface area contributed by atoms with Gasteiger partial charge in [-0.15, -0.1) is 0 Å². The molecular weight excluding hydrogens is 306 g/mol. The average molecular weight is 326 g/mol. The van der Waals surface area contributed by atoms with E-state index in [9.17, 15) is 9.90 Å². The summed E-state index contributed by atoms with van der Waals surface area (Å²) in [4.78, 5) is 11.7. The lowest BCUT2D eigenvalue weighted by Gasteiger charge is -2.33. The van der Waals surface area contributed by atoms with E-state index in [1.54, 1.807) is 0 Å². The fourth-order valence-corrected chi connectivity index (χ4v) is 2.98. The Morgan fingerprint density at radius 2 is 1.58 bits per heavy atom. The van der Waals surface area contributed by atoms with Crippen LogP contribution in [0.1, 0.15) is 44.9 Å². The van der Waals surface area contributed by atoms with Gasteiger partial charge in [-0.05, 0) is 37.1 Å². The van der Waals surface area contributed by atoms with Crippen molar-refractivity contribution in [3.63, 3.8) is 0 Å². The first-order chi connectivity index (χ1) is 9.12. The van der Waals surface area contributed by atoms with E-state index in [2.05, 4.69) is 21.2 Å². The van der Waals surface area contributed by atoms with Crippen LogP contribution in [0.25, 0.3) is 0 Å². The Morgan fingerprint density at radius 3 is 2.11 bits per heavy atom. The third kappa shape index (κ3) is 3.72. The zero-order valence-electron chi connectivity index (χ0n) is 11.0. The van der Waals surface area contributed by atoms with Crippen LogP contribution in [0.5, 0.6) is 0 Å². The van der Waals surface area contributed by atoms with E-state index in [1.165, 1.54) is 6.42 Å². The molecule has 0 aromatic heterocycles. The molecule has 0 heterocycles. The van der Waals surface area contributed by atoms with Gasteiger partial charge in [-0.3, -0.25) is 0 Å². The van der Waals surface area contributed by atoms with Crippen LogP contribution in [0.15, 0.2) is 28.7 Å². The molecule has 3 nitrogen and oxygen atoms in total. The lowest BCUT2D eigenvalue weighted by atomic mass is 9.83. The van der Waals surface area contributed by atoms with E-state index in [0.717, 1.165) is 35.8 Å². The van der Waals surface area contributed by atoms with Gasteiger partial charge >= 0.3 is 5.97 Å². The van der Waals surface area contributed by atoms with Gasteiger partial charge in [0.1, 0.15) is 5.54 Å². The molecule has 0 atom stereocenters. The van der Waals surface area contributed by atoms with E-state index in [0.29, 0.717) is 12.8 Å². The molecule has 0 amide bonds. The van der Waals surface area contributed by atoms with Crippen molar-refractivity contribution >= 4 is 27.6 Å². The molecule has 2 rings (SSSR count). The molecule has 1 aromatic rings. The van der Waals surface area contributed by atoms with Crippen LogP contribution < -0.4 is 5.32 Å². The van der Waals surface area contributed by atoms with Crippen LogP contribution in [0.4, 0.5) is 5.69 Å². The second-order valence-corrected chi connectivity index (χ2v) is 6.20. The monoisotopic (exact) mass is 325 g/mol. The molecular formula is C15H20BrNO2. The third-order valence-corrected chi connectivity index (χ3v) is 4.37. The Balaban J connectivity index is 2.17. The van der Waals surface area contributed by atoms with Crippen molar-refractivity contribution in [2.24, 2.45) is 0 Å². The zero-order valence-corrected chi connectivity index (χ0v) is 12.6. The topological polar surface area (TPSA) is 49.3 Å². The summed E-state index contributed by atoms with van der Waals surface area (Å²) in [6.07, 6.45) is 6.88. The first-order valence-electron chi connectivity index (χ1n) is 6.90. The minimum absolute atomic E-state index is 0.707. The summed E-state index contributed by atoms with van der Waals surface area (Å²) in [6.45, 7) is 0. The summed E-state index contributed by atoms with van der Waals surface area (Å²) < 4.78 is 1.00. The molecule has 104 valence electrons. The van der Waals surface area contributed by atoms with Gasteiger partial charge in [0.05, 0.1) is 0 Å². The van der Waals surface area contributed by atoms with Gasteiger partial charge in [-0.25, -0.2) is 4.79 Å². The minimum atomic E-state index is -0.797. The maximum atomic E-state index is 11.7. The van der Waals surface area contributed by atoms with Gasteiger partial charge in [0.2, 0.25) is 0 Å². The van der Waals surface area contributed by atoms with Crippen molar-refractivity contribution in [1.82, 2.24) is 0 Å². The SMILES string of the molecule is O=C(O)C1(Nc2ccc(Br)cc2)CCCCCCC1. The lowest BCUT2D eigenvalue weighted by molar-refractivity contribution is -0.143. The van der Waals surface area contributed by atoms with E-state index < -0.39 is 11.5 Å². The molecule has 0 spiro atoms. The number of rotatable bonds is 3. The van der Waals surface area contributed by atoms with E-state index in [-0.39, 0.29) is 0 Å². The summed E-state index contributed by atoms with van der Waals surface area (Å²) in [5.41, 5.74) is 0.0833. The molecule has 0 bridgehead atoms. The number of hydrogen-bond acceptors (Lipinski definition) is 2. The van der Waals surface area contributed by atoms with E-state index in [4.69, 9.17) is 0 Å². The number of aliphatic carboxylic acids is 1. The number of carbonyl (C=O) groups is 1. The predicted octanol–water partition coefficient (Wildman–Crippen LogP) is 4.43. The third-order valence-electron chi connectivity index (χ3n) is 3.84. The lowest BCUT2D eigenvalue weighted by Crippen LogP contribution is -2.46. The Morgan fingerprint density at radius 1 is 1.05 bits per heavy atom. The first kappa shape index (κ1) is 14.4. The number of carboxylic acid groups (broad SMARTS) is 1. The van der Waals surface area contributed by atoms with Crippen LogP contribution in [0, 0.1) is 0 Å². The predicted molar refractivity (Wildman–Crippen MR) is 80.5 cm³/mol. The van der Waals surface area contributed by atoms with Crippen molar-refractivity contribution < 1.29 is 9.90 Å². The number of carboxylic acids is 1. The molecule has 19 heavy (non-hydrogen) atoms. The summed E-state index contributed by atoms with van der Waals surface area (Å²) >= 11 is 3.39. The summed E-state index contributed by atoms with van der Waals surface area (Å²) in [6, 6.07) is 7.71. The molecule has 4 heteroatoms. The molecule has 0 saturated heterocycles. The number of hydrogen-bond donors (Lipinski definition) is 2. The summed E-state index contributed by atoms with van der Waals surface area (Å²) in [5, 5.41) is 12.9. The van der Waals surface area contributed by atoms with Gasteiger partial charge in [-0.1, -0.05) is 48.0 Å². The minimum Gasteiger partial charge on any atom is -0.480 e. The number of halogens is 1. The highest BCUT2D eigenvalue weighted by molar-refractivity contribution is 9.10. The van der Waals surface area contributed by atoms with E-state index in [1.807, 2.05) is 24.3 Å². The van der Waals surface area contributed by atoms with Crippen LogP contribution in [-0.2, 0) is 4.79 Å². The number of benzene rings is 1. The van der Waals surface area contributed by atoms with Gasteiger partial charge in [0, 0.05) is 10.2 Å². The van der Waals surface area contributed by atoms with Crippen LogP contribution >= 0.6 is 15.9 Å². The summed E-state index contributed by atoms with van der Waals surface area (Å²) in [5.74, 6) is -0.725. The quantitative estimate of drug-likeness (QED) is 0.864. The Hall–Kier alpha value is -1.03. The second-order valence-electron chi connectivity index (χ2n) is 5.29. The van der Waals surface area contributed by atoms with Crippen LogP contribution in [-0.4, -0.2) is 16.6 Å². The molecule has 1 aromatic carbocycles. The largest absolute Gasteiger partial charge is 0.480 e. The molecule has 0 aliphatic heterocycles.